The first-order valence-electron chi connectivity index (χ1n) is 7.11. The Bertz CT molecular complexity index is 369. The molecule has 0 radical (unpaired) electrons. The van der Waals surface area contributed by atoms with E-state index in [4.69, 9.17) is 0 Å². The number of rotatable bonds is 2. The van der Waals surface area contributed by atoms with E-state index in [9.17, 15) is 14.7 Å². The summed E-state index contributed by atoms with van der Waals surface area (Å²) in [5.41, 5.74) is -0.647. The first-order valence-corrected chi connectivity index (χ1v) is 7.11. The van der Waals surface area contributed by atoms with Crippen molar-refractivity contribution >= 4 is 11.8 Å². The fraction of sp³-hybridized carbons (Fsp3) is 0.857. The second-order valence-electron chi connectivity index (χ2n) is 6.36. The number of carbonyl (C=O) groups excluding carboxylic acids is 2. The number of hydrogen-bond acceptors (Lipinski definition) is 3. The Labute approximate surface area is 114 Å². The van der Waals surface area contributed by atoms with Crippen molar-refractivity contribution in [3.05, 3.63) is 0 Å². The molecule has 0 aliphatic carbocycles. The van der Waals surface area contributed by atoms with E-state index in [2.05, 4.69) is 0 Å². The van der Waals surface area contributed by atoms with Crippen LogP contribution in [-0.4, -0.2) is 58.0 Å². The van der Waals surface area contributed by atoms with Crippen LogP contribution >= 0.6 is 0 Å². The molecule has 2 heterocycles. The predicted octanol–water partition coefficient (Wildman–Crippen LogP) is 0.617. The highest BCUT2D eigenvalue weighted by Crippen LogP contribution is 2.26. The van der Waals surface area contributed by atoms with Gasteiger partial charge in [-0.1, -0.05) is 0 Å². The number of piperidine rings is 1. The molecule has 1 unspecified atom stereocenters. The monoisotopic (exact) mass is 268 g/mol. The third-order valence-corrected chi connectivity index (χ3v) is 4.28. The van der Waals surface area contributed by atoms with E-state index in [-0.39, 0.29) is 23.8 Å². The SMILES string of the molecule is CC(C)N1CC(C(=O)N2CCC(C)(O)CC2)CC1=O. The Hall–Kier alpha value is -1.10. The van der Waals surface area contributed by atoms with Crippen molar-refractivity contribution in [2.24, 2.45) is 5.92 Å². The zero-order chi connectivity index (χ0) is 14.2. The third-order valence-electron chi connectivity index (χ3n) is 4.28. The van der Waals surface area contributed by atoms with Gasteiger partial charge in [-0.3, -0.25) is 9.59 Å². The summed E-state index contributed by atoms with van der Waals surface area (Å²) in [6.45, 7) is 7.50. The number of likely N-dealkylation sites (tertiary alicyclic amines) is 2. The Morgan fingerprint density at radius 3 is 2.42 bits per heavy atom. The minimum absolute atomic E-state index is 0.0759. The van der Waals surface area contributed by atoms with E-state index >= 15 is 0 Å². The highest BCUT2D eigenvalue weighted by Gasteiger charge is 2.39. The molecule has 1 N–H and O–H groups in total. The van der Waals surface area contributed by atoms with Crippen molar-refractivity contribution < 1.29 is 14.7 Å². The van der Waals surface area contributed by atoms with Gasteiger partial charge in [0.05, 0.1) is 11.5 Å². The molecule has 0 spiro atoms. The number of nitrogens with zero attached hydrogens (tertiary/aromatic N) is 2. The summed E-state index contributed by atoms with van der Waals surface area (Å²) in [4.78, 5) is 27.8. The molecule has 0 aromatic heterocycles. The van der Waals surface area contributed by atoms with Crippen LogP contribution in [0.3, 0.4) is 0 Å². The minimum atomic E-state index is -0.647. The van der Waals surface area contributed by atoms with E-state index in [0.29, 0.717) is 38.9 Å². The van der Waals surface area contributed by atoms with Gasteiger partial charge in [0.1, 0.15) is 0 Å². The molecule has 0 bridgehead atoms. The largest absolute Gasteiger partial charge is 0.390 e. The molecule has 0 aromatic rings. The van der Waals surface area contributed by atoms with Crippen molar-refractivity contribution in [3.63, 3.8) is 0 Å². The van der Waals surface area contributed by atoms with Crippen LogP contribution in [0.15, 0.2) is 0 Å². The summed E-state index contributed by atoms with van der Waals surface area (Å²) >= 11 is 0. The van der Waals surface area contributed by atoms with Gasteiger partial charge >= 0.3 is 0 Å². The van der Waals surface area contributed by atoms with Gasteiger partial charge in [0.15, 0.2) is 0 Å². The maximum absolute atomic E-state index is 12.4. The van der Waals surface area contributed by atoms with Crippen molar-refractivity contribution in [1.82, 2.24) is 9.80 Å². The van der Waals surface area contributed by atoms with Crippen molar-refractivity contribution in [1.29, 1.82) is 0 Å². The van der Waals surface area contributed by atoms with E-state index in [0.717, 1.165) is 0 Å². The zero-order valence-corrected chi connectivity index (χ0v) is 12.1. The van der Waals surface area contributed by atoms with Gasteiger partial charge in [0, 0.05) is 32.1 Å². The molecule has 0 aromatic carbocycles. The van der Waals surface area contributed by atoms with Gasteiger partial charge in [-0.25, -0.2) is 0 Å². The van der Waals surface area contributed by atoms with Gasteiger partial charge in [-0.2, -0.15) is 0 Å². The zero-order valence-electron chi connectivity index (χ0n) is 12.1. The highest BCUT2D eigenvalue weighted by molar-refractivity contribution is 5.89. The second-order valence-corrected chi connectivity index (χ2v) is 6.36. The summed E-state index contributed by atoms with van der Waals surface area (Å²) < 4.78 is 0. The fourth-order valence-electron chi connectivity index (χ4n) is 2.86. The van der Waals surface area contributed by atoms with Gasteiger partial charge in [0.2, 0.25) is 11.8 Å². The van der Waals surface area contributed by atoms with Crippen LogP contribution in [0.5, 0.6) is 0 Å². The molecule has 2 aliphatic heterocycles. The fourth-order valence-corrected chi connectivity index (χ4v) is 2.86. The normalized spacial score (nSPS) is 27.2. The maximum Gasteiger partial charge on any atom is 0.227 e. The van der Waals surface area contributed by atoms with E-state index in [1.54, 1.807) is 9.80 Å². The van der Waals surface area contributed by atoms with Crippen molar-refractivity contribution in [3.8, 4) is 0 Å². The number of carbonyl (C=O) groups is 2. The number of aliphatic hydroxyl groups is 1. The lowest BCUT2D eigenvalue weighted by atomic mass is 9.93. The molecular formula is C14H24N2O3. The smallest absolute Gasteiger partial charge is 0.227 e. The van der Waals surface area contributed by atoms with Crippen LogP contribution in [0.2, 0.25) is 0 Å². The molecule has 1 atom stereocenters. The third kappa shape index (κ3) is 3.08. The van der Waals surface area contributed by atoms with Crippen molar-refractivity contribution in [2.45, 2.75) is 51.7 Å². The number of amides is 2. The van der Waals surface area contributed by atoms with Crippen LogP contribution in [0.25, 0.3) is 0 Å². The predicted molar refractivity (Wildman–Crippen MR) is 71.4 cm³/mol. The number of hydrogen-bond donors (Lipinski definition) is 1. The average Bonchev–Trinajstić information content (AvgIpc) is 2.70. The Kier molecular flexibility index (Phi) is 3.85. The summed E-state index contributed by atoms with van der Waals surface area (Å²) in [7, 11) is 0. The van der Waals surface area contributed by atoms with Gasteiger partial charge < -0.3 is 14.9 Å². The van der Waals surface area contributed by atoms with Crippen LogP contribution < -0.4 is 0 Å². The summed E-state index contributed by atoms with van der Waals surface area (Å²) in [5.74, 6) is -0.0395. The van der Waals surface area contributed by atoms with E-state index in [1.807, 2.05) is 20.8 Å². The van der Waals surface area contributed by atoms with Gasteiger partial charge in [0.25, 0.3) is 0 Å². The van der Waals surface area contributed by atoms with Gasteiger partial charge in [-0.05, 0) is 33.6 Å². The summed E-state index contributed by atoms with van der Waals surface area (Å²) in [5, 5.41) is 9.90. The standard InChI is InChI=1S/C14H24N2O3/c1-10(2)16-9-11(8-12(16)17)13(18)15-6-4-14(3,19)5-7-15/h10-11,19H,4-9H2,1-3H3. The first kappa shape index (κ1) is 14.3. The Morgan fingerprint density at radius 2 is 1.95 bits per heavy atom. The Balaban J connectivity index is 1.93. The van der Waals surface area contributed by atoms with Crippen LogP contribution in [0, 0.1) is 5.92 Å². The average molecular weight is 268 g/mol. The lowest BCUT2D eigenvalue weighted by Crippen LogP contribution is -2.47. The molecular weight excluding hydrogens is 244 g/mol. The molecule has 2 rings (SSSR count). The van der Waals surface area contributed by atoms with Gasteiger partial charge in [-0.15, -0.1) is 0 Å². The molecule has 2 amide bonds. The molecule has 0 saturated carbocycles. The topological polar surface area (TPSA) is 60.9 Å². The quantitative estimate of drug-likeness (QED) is 0.798. The molecule has 2 fully saturated rings. The molecule has 2 saturated heterocycles. The summed E-state index contributed by atoms with van der Waals surface area (Å²) in [6, 6.07) is 0.160. The van der Waals surface area contributed by atoms with Crippen LogP contribution in [0.1, 0.15) is 40.0 Å². The van der Waals surface area contributed by atoms with E-state index < -0.39 is 5.60 Å². The summed E-state index contributed by atoms with van der Waals surface area (Å²) in [6.07, 6.45) is 1.57. The van der Waals surface area contributed by atoms with Crippen LogP contribution in [0.4, 0.5) is 0 Å². The Morgan fingerprint density at radius 1 is 1.37 bits per heavy atom. The van der Waals surface area contributed by atoms with Crippen molar-refractivity contribution in [2.75, 3.05) is 19.6 Å². The lowest BCUT2D eigenvalue weighted by Gasteiger charge is -2.36. The molecule has 5 heteroatoms. The molecule has 19 heavy (non-hydrogen) atoms. The lowest BCUT2D eigenvalue weighted by molar-refractivity contribution is -0.139. The van der Waals surface area contributed by atoms with Crippen LogP contribution in [-0.2, 0) is 9.59 Å². The maximum atomic E-state index is 12.4. The first-order chi connectivity index (χ1) is 8.80. The minimum Gasteiger partial charge on any atom is -0.390 e. The molecule has 2 aliphatic rings. The highest BCUT2D eigenvalue weighted by atomic mass is 16.3. The molecule has 5 nitrogen and oxygen atoms in total. The molecule has 108 valence electrons. The van der Waals surface area contributed by atoms with E-state index in [1.165, 1.54) is 0 Å². The second kappa shape index (κ2) is 5.12.